The quantitative estimate of drug-likeness (QED) is 0.158. The lowest BCUT2D eigenvalue weighted by Gasteiger charge is -2.22. The van der Waals surface area contributed by atoms with Gasteiger partial charge in [-0.2, -0.15) is 0 Å². The van der Waals surface area contributed by atoms with Crippen LogP contribution >= 0.6 is 11.6 Å². The van der Waals surface area contributed by atoms with Crippen molar-refractivity contribution in [2.45, 2.75) is 6.42 Å². The number of hydrogen-bond donors (Lipinski definition) is 0. The van der Waals surface area contributed by atoms with Crippen LogP contribution in [-0.4, -0.2) is 0 Å². The van der Waals surface area contributed by atoms with Crippen molar-refractivity contribution < 1.29 is 0 Å². The van der Waals surface area contributed by atoms with Crippen LogP contribution in [0.3, 0.4) is 0 Å². The lowest BCUT2D eigenvalue weighted by Crippen LogP contribution is -1.95. The molecule has 0 atom stereocenters. The molecule has 1 heteroatoms. The van der Waals surface area contributed by atoms with Gasteiger partial charge in [0.25, 0.3) is 0 Å². The number of hydrogen-bond acceptors (Lipinski definition) is 0. The first kappa shape index (κ1) is 31.6. The van der Waals surface area contributed by atoms with E-state index in [2.05, 4.69) is 188 Å². The molecular formula is C55H33Cl. The van der Waals surface area contributed by atoms with Crippen molar-refractivity contribution in [3.8, 4) is 44.5 Å². The van der Waals surface area contributed by atoms with Crippen molar-refractivity contribution in [2.75, 3.05) is 0 Å². The molecule has 0 N–H and O–H groups in total. The molecule has 0 saturated heterocycles. The maximum atomic E-state index is 7.27. The van der Waals surface area contributed by atoms with E-state index in [1.165, 1.54) is 115 Å². The molecule has 0 aliphatic heterocycles. The molecule has 0 nitrogen and oxygen atoms in total. The highest BCUT2D eigenvalue weighted by molar-refractivity contribution is 6.36. The summed E-state index contributed by atoms with van der Waals surface area (Å²) in [7, 11) is 0. The van der Waals surface area contributed by atoms with Gasteiger partial charge in [0.1, 0.15) is 0 Å². The van der Waals surface area contributed by atoms with Gasteiger partial charge in [0, 0.05) is 5.02 Å². The van der Waals surface area contributed by atoms with E-state index in [9.17, 15) is 0 Å². The number of rotatable bonds is 4. The maximum Gasteiger partial charge on any atom is 0.0447 e. The van der Waals surface area contributed by atoms with Gasteiger partial charge in [0.15, 0.2) is 0 Å². The highest BCUT2D eigenvalue weighted by Gasteiger charge is 2.32. The van der Waals surface area contributed by atoms with E-state index in [-0.39, 0.29) is 0 Å². The average Bonchev–Trinajstić information content (AvgIpc) is 3.57. The molecular weight excluding hydrogens is 696 g/mol. The number of fused-ring (bicyclic) bond motifs is 11. The second-order valence-corrected chi connectivity index (χ2v) is 15.6. The first-order chi connectivity index (χ1) is 27.7. The molecule has 0 aromatic heterocycles. The molecule has 56 heavy (non-hydrogen) atoms. The molecule has 0 unspecified atom stereocenters. The van der Waals surface area contributed by atoms with Crippen molar-refractivity contribution in [3.05, 3.63) is 204 Å². The number of benzene rings is 11. The standard InChI is InChI=1S/C55H33Cl/c56-49-32-47-38(30-39(49)29-36-20-11-19-33-13-7-9-21-40(33)36)25-26-44-42(47)27-28-46-50(34-14-3-1-4-15-34)55-48-31-37-18-8-10-22-41(37)43-23-12-24-45(52(43)48)54(55)51(53(44)46)35-16-5-2-6-17-35/h1-28,30-32H,29H2. The summed E-state index contributed by atoms with van der Waals surface area (Å²) in [6.45, 7) is 0. The second-order valence-electron chi connectivity index (χ2n) is 15.2. The summed E-state index contributed by atoms with van der Waals surface area (Å²) in [6.07, 6.45) is 0.776. The minimum absolute atomic E-state index is 0.776. The van der Waals surface area contributed by atoms with Crippen LogP contribution < -0.4 is 0 Å². The summed E-state index contributed by atoms with van der Waals surface area (Å²) in [5, 5.41) is 15.9. The molecule has 11 aromatic rings. The third-order valence-electron chi connectivity index (χ3n) is 12.3. The molecule has 0 amide bonds. The fraction of sp³-hybridized carbons (Fsp3) is 0.0182. The van der Waals surface area contributed by atoms with Crippen molar-refractivity contribution >= 4 is 76.2 Å². The molecule has 1 aliphatic carbocycles. The SMILES string of the molecule is Clc1cc2c(ccc3c2ccc2c(-c4ccccc4)c4c(c(-c5ccccc5)c23)-c2cccc3c2c-4cc2ccccc23)cc1Cc1cccc2ccccc12. The summed E-state index contributed by atoms with van der Waals surface area (Å²) in [6, 6.07) is 69.3. The van der Waals surface area contributed by atoms with E-state index in [1.807, 2.05) is 0 Å². The van der Waals surface area contributed by atoms with Gasteiger partial charge in [-0.05, 0) is 145 Å². The van der Waals surface area contributed by atoms with Gasteiger partial charge >= 0.3 is 0 Å². The molecule has 0 fully saturated rings. The first-order valence-electron chi connectivity index (χ1n) is 19.4. The maximum absolute atomic E-state index is 7.27. The smallest absolute Gasteiger partial charge is 0.0447 e. The zero-order valence-electron chi connectivity index (χ0n) is 30.5. The van der Waals surface area contributed by atoms with E-state index >= 15 is 0 Å². The van der Waals surface area contributed by atoms with Gasteiger partial charge in [-0.15, -0.1) is 0 Å². The number of halogens is 1. The molecule has 12 rings (SSSR count). The lowest BCUT2D eigenvalue weighted by atomic mass is 9.80. The molecule has 0 bridgehead atoms. The molecule has 0 spiro atoms. The average molecular weight is 729 g/mol. The molecule has 11 aromatic carbocycles. The Morgan fingerprint density at radius 3 is 1.71 bits per heavy atom. The van der Waals surface area contributed by atoms with Gasteiger partial charge < -0.3 is 0 Å². The minimum atomic E-state index is 0.776. The summed E-state index contributed by atoms with van der Waals surface area (Å²) in [5.41, 5.74) is 12.7. The van der Waals surface area contributed by atoms with E-state index in [4.69, 9.17) is 11.6 Å². The topological polar surface area (TPSA) is 0 Å². The Hall–Kier alpha value is -6.73. The van der Waals surface area contributed by atoms with Crippen molar-refractivity contribution in [1.29, 1.82) is 0 Å². The van der Waals surface area contributed by atoms with Gasteiger partial charge in [-0.25, -0.2) is 0 Å². The predicted molar refractivity (Wildman–Crippen MR) is 241 cm³/mol. The predicted octanol–water partition coefficient (Wildman–Crippen LogP) is 15.8. The Kier molecular flexibility index (Phi) is 6.85. The van der Waals surface area contributed by atoms with Crippen molar-refractivity contribution in [3.63, 3.8) is 0 Å². The highest BCUT2D eigenvalue weighted by atomic mass is 35.5. The van der Waals surface area contributed by atoms with E-state index in [0.29, 0.717) is 0 Å². The normalized spacial score (nSPS) is 12.1. The molecule has 260 valence electrons. The largest absolute Gasteiger partial charge is 0.0840 e. The Bertz CT molecular complexity index is 3430. The highest BCUT2D eigenvalue weighted by Crippen LogP contribution is 2.59. The molecule has 0 radical (unpaired) electrons. The van der Waals surface area contributed by atoms with E-state index in [1.54, 1.807) is 0 Å². The summed E-state index contributed by atoms with van der Waals surface area (Å²) in [4.78, 5) is 0. The van der Waals surface area contributed by atoms with Crippen LogP contribution in [-0.2, 0) is 6.42 Å². The van der Waals surface area contributed by atoms with E-state index < -0.39 is 0 Å². The van der Waals surface area contributed by atoms with Crippen molar-refractivity contribution in [2.24, 2.45) is 0 Å². The van der Waals surface area contributed by atoms with Gasteiger partial charge in [0.2, 0.25) is 0 Å². The van der Waals surface area contributed by atoms with Crippen LogP contribution in [0.1, 0.15) is 11.1 Å². The zero-order valence-corrected chi connectivity index (χ0v) is 31.2. The fourth-order valence-electron chi connectivity index (χ4n) is 9.89. The Labute approximate surface area is 329 Å². The second kappa shape index (κ2) is 12.1. The molecule has 0 saturated carbocycles. The van der Waals surface area contributed by atoms with Crippen LogP contribution in [0.4, 0.5) is 0 Å². The van der Waals surface area contributed by atoms with Gasteiger partial charge in [-0.3, -0.25) is 0 Å². The molecule has 0 heterocycles. The van der Waals surface area contributed by atoms with Gasteiger partial charge in [-0.1, -0.05) is 181 Å². The van der Waals surface area contributed by atoms with Crippen LogP contribution in [0.2, 0.25) is 5.02 Å². The summed E-state index contributed by atoms with van der Waals surface area (Å²) >= 11 is 7.27. The Balaban J connectivity index is 1.20. The van der Waals surface area contributed by atoms with Crippen LogP contribution in [0, 0.1) is 0 Å². The zero-order chi connectivity index (χ0) is 36.9. The third kappa shape index (κ3) is 4.54. The Morgan fingerprint density at radius 1 is 0.304 bits per heavy atom. The third-order valence-corrected chi connectivity index (χ3v) is 12.6. The lowest BCUT2D eigenvalue weighted by molar-refractivity contribution is 1.22. The van der Waals surface area contributed by atoms with Crippen LogP contribution in [0.5, 0.6) is 0 Å². The monoisotopic (exact) mass is 728 g/mol. The van der Waals surface area contributed by atoms with Gasteiger partial charge in [0.05, 0.1) is 0 Å². The molecule has 1 aliphatic rings. The van der Waals surface area contributed by atoms with Crippen LogP contribution in [0.15, 0.2) is 188 Å². The van der Waals surface area contributed by atoms with Crippen molar-refractivity contribution in [1.82, 2.24) is 0 Å². The first-order valence-corrected chi connectivity index (χ1v) is 19.8. The fourth-order valence-corrected chi connectivity index (χ4v) is 10.1. The summed E-state index contributed by atoms with van der Waals surface area (Å²) in [5.74, 6) is 0. The minimum Gasteiger partial charge on any atom is -0.0840 e. The Morgan fingerprint density at radius 2 is 0.893 bits per heavy atom. The van der Waals surface area contributed by atoms with E-state index in [0.717, 1.165) is 17.0 Å². The van der Waals surface area contributed by atoms with Crippen LogP contribution in [0.25, 0.3) is 109 Å². The summed E-state index contributed by atoms with van der Waals surface area (Å²) < 4.78 is 0.